The third-order valence-corrected chi connectivity index (χ3v) is 3.80. The average molecular weight is 344 g/mol. The van der Waals surface area contributed by atoms with E-state index in [1.54, 1.807) is 7.11 Å². The number of hydrogen-bond acceptors (Lipinski definition) is 3. The van der Waals surface area contributed by atoms with Crippen molar-refractivity contribution in [1.29, 1.82) is 0 Å². The van der Waals surface area contributed by atoms with Gasteiger partial charge in [0.25, 0.3) is 5.91 Å². The Balaban J connectivity index is 2.19. The van der Waals surface area contributed by atoms with E-state index in [1.165, 1.54) is 0 Å². The molecular formula is C15H22BrNO3. The van der Waals surface area contributed by atoms with Gasteiger partial charge in [-0.3, -0.25) is 4.79 Å². The molecule has 0 atom stereocenters. The van der Waals surface area contributed by atoms with Gasteiger partial charge >= 0.3 is 0 Å². The summed E-state index contributed by atoms with van der Waals surface area (Å²) >= 11 is 3.43. The first-order chi connectivity index (χ1) is 9.66. The lowest BCUT2D eigenvalue weighted by atomic mass is 10.1. The van der Waals surface area contributed by atoms with E-state index in [1.807, 2.05) is 25.1 Å². The summed E-state index contributed by atoms with van der Waals surface area (Å²) in [5.74, 6) is -0.0240. The van der Waals surface area contributed by atoms with Gasteiger partial charge in [0.05, 0.1) is 13.2 Å². The molecule has 1 aromatic carbocycles. The van der Waals surface area contributed by atoms with E-state index >= 15 is 0 Å². The predicted octanol–water partition coefficient (Wildman–Crippen LogP) is 2.93. The lowest BCUT2D eigenvalue weighted by Gasteiger charge is -2.09. The fourth-order valence-electron chi connectivity index (χ4n) is 1.72. The average Bonchev–Trinajstić information content (AvgIpc) is 2.44. The van der Waals surface area contributed by atoms with E-state index in [4.69, 9.17) is 9.47 Å². The Hall–Kier alpha value is -0.910. The molecule has 0 spiro atoms. The second-order valence-electron chi connectivity index (χ2n) is 4.48. The van der Waals surface area contributed by atoms with Crippen molar-refractivity contribution in [2.75, 3.05) is 33.5 Å². The number of rotatable bonds is 9. The number of hydrogen-bond donors (Lipinski definition) is 1. The van der Waals surface area contributed by atoms with Crippen LogP contribution in [0.5, 0.6) is 0 Å². The maximum absolute atomic E-state index is 12.0. The third kappa shape index (κ3) is 6.03. The van der Waals surface area contributed by atoms with Gasteiger partial charge in [0.1, 0.15) is 0 Å². The summed E-state index contributed by atoms with van der Waals surface area (Å²) < 4.78 is 11.2. The highest BCUT2D eigenvalue weighted by molar-refractivity contribution is 9.10. The van der Waals surface area contributed by atoms with Crippen LogP contribution >= 0.6 is 15.9 Å². The summed E-state index contributed by atoms with van der Waals surface area (Å²) in [5.41, 5.74) is 1.68. The van der Waals surface area contributed by atoms with Gasteiger partial charge in [-0.15, -0.1) is 0 Å². The highest BCUT2D eigenvalue weighted by Gasteiger charge is 2.09. The molecule has 20 heavy (non-hydrogen) atoms. The standard InChI is InChI=1S/C15H22BrNO3/c1-12-13(6-5-7-14(12)16)15(18)17-8-3-4-9-20-11-10-19-2/h5-7H,3-4,8-11H2,1-2H3,(H,17,18). The number of nitrogens with one attached hydrogen (secondary N) is 1. The number of methoxy groups -OCH3 is 1. The van der Waals surface area contributed by atoms with E-state index in [9.17, 15) is 4.79 Å². The molecule has 112 valence electrons. The molecule has 0 aliphatic rings. The van der Waals surface area contributed by atoms with Crippen LogP contribution in [0.1, 0.15) is 28.8 Å². The van der Waals surface area contributed by atoms with Crippen LogP contribution in [0.15, 0.2) is 22.7 Å². The molecule has 1 rings (SSSR count). The highest BCUT2D eigenvalue weighted by Crippen LogP contribution is 2.19. The number of unbranched alkanes of at least 4 members (excludes halogenated alkanes) is 1. The quantitative estimate of drug-likeness (QED) is 0.701. The van der Waals surface area contributed by atoms with Gasteiger partial charge in [0, 0.05) is 30.3 Å². The zero-order valence-corrected chi connectivity index (χ0v) is 13.7. The molecule has 0 aromatic heterocycles. The van der Waals surface area contributed by atoms with Gasteiger partial charge in [-0.1, -0.05) is 22.0 Å². The summed E-state index contributed by atoms with van der Waals surface area (Å²) in [5, 5.41) is 2.93. The Labute approximate surface area is 129 Å². The van der Waals surface area contributed by atoms with Crippen molar-refractivity contribution in [3.63, 3.8) is 0 Å². The molecule has 0 saturated carbocycles. The molecule has 1 amide bonds. The van der Waals surface area contributed by atoms with E-state index < -0.39 is 0 Å². The minimum Gasteiger partial charge on any atom is -0.382 e. The summed E-state index contributed by atoms with van der Waals surface area (Å²) in [6.45, 7) is 4.55. The van der Waals surface area contributed by atoms with Gasteiger partial charge in [-0.25, -0.2) is 0 Å². The van der Waals surface area contributed by atoms with Gasteiger partial charge in [-0.2, -0.15) is 0 Å². The number of ether oxygens (including phenoxy) is 2. The fraction of sp³-hybridized carbons (Fsp3) is 0.533. The molecule has 0 bridgehead atoms. The smallest absolute Gasteiger partial charge is 0.251 e. The Morgan fingerprint density at radius 2 is 2.05 bits per heavy atom. The minimum atomic E-state index is -0.0240. The van der Waals surface area contributed by atoms with Crippen LogP contribution in [0.25, 0.3) is 0 Å². The van der Waals surface area contributed by atoms with Crippen LogP contribution in [0.2, 0.25) is 0 Å². The van der Waals surface area contributed by atoms with Crippen LogP contribution in [0.3, 0.4) is 0 Å². The molecule has 0 saturated heterocycles. The molecule has 0 aliphatic heterocycles. The largest absolute Gasteiger partial charge is 0.382 e. The van der Waals surface area contributed by atoms with Crippen LogP contribution in [0.4, 0.5) is 0 Å². The zero-order chi connectivity index (χ0) is 14.8. The van der Waals surface area contributed by atoms with Crippen LogP contribution in [-0.2, 0) is 9.47 Å². The second kappa shape index (κ2) is 9.91. The van der Waals surface area contributed by atoms with E-state index in [-0.39, 0.29) is 5.91 Å². The SMILES string of the molecule is COCCOCCCCNC(=O)c1cccc(Br)c1C. The summed E-state index contributed by atoms with van der Waals surface area (Å²) in [6, 6.07) is 5.64. The highest BCUT2D eigenvalue weighted by atomic mass is 79.9. The van der Waals surface area contributed by atoms with Crippen molar-refractivity contribution < 1.29 is 14.3 Å². The topological polar surface area (TPSA) is 47.6 Å². The van der Waals surface area contributed by atoms with E-state index in [2.05, 4.69) is 21.2 Å². The number of benzene rings is 1. The van der Waals surface area contributed by atoms with Gasteiger partial charge in [0.2, 0.25) is 0 Å². The van der Waals surface area contributed by atoms with Crippen LogP contribution < -0.4 is 5.32 Å². The van der Waals surface area contributed by atoms with Crippen molar-refractivity contribution >= 4 is 21.8 Å². The van der Waals surface area contributed by atoms with E-state index in [0.717, 1.165) is 28.4 Å². The van der Waals surface area contributed by atoms with Crippen LogP contribution in [0, 0.1) is 6.92 Å². The van der Waals surface area contributed by atoms with Crippen molar-refractivity contribution in [3.8, 4) is 0 Å². The van der Waals surface area contributed by atoms with Crippen molar-refractivity contribution in [2.45, 2.75) is 19.8 Å². The number of amides is 1. The summed E-state index contributed by atoms with van der Waals surface area (Å²) in [7, 11) is 1.66. The zero-order valence-electron chi connectivity index (χ0n) is 12.1. The predicted molar refractivity (Wildman–Crippen MR) is 83.1 cm³/mol. The first-order valence-corrected chi connectivity index (χ1v) is 7.56. The van der Waals surface area contributed by atoms with Crippen molar-refractivity contribution in [3.05, 3.63) is 33.8 Å². The Bertz CT molecular complexity index is 424. The summed E-state index contributed by atoms with van der Waals surface area (Å²) in [6.07, 6.45) is 1.84. The normalized spacial score (nSPS) is 10.6. The number of carbonyl (C=O) groups is 1. The number of halogens is 1. The first-order valence-electron chi connectivity index (χ1n) is 6.76. The molecule has 1 N–H and O–H groups in total. The number of carbonyl (C=O) groups excluding carboxylic acids is 1. The molecule has 5 heteroatoms. The van der Waals surface area contributed by atoms with Gasteiger partial charge in [-0.05, 0) is 37.5 Å². The lowest BCUT2D eigenvalue weighted by Crippen LogP contribution is -2.25. The summed E-state index contributed by atoms with van der Waals surface area (Å²) in [4.78, 5) is 12.0. The second-order valence-corrected chi connectivity index (χ2v) is 5.33. The minimum absolute atomic E-state index is 0.0240. The molecular weight excluding hydrogens is 322 g/mol. The maximum Gasteiger partial charge on any atom is 0.251 e. The monoisotopic (exact) mass is 343 g/mol. The van der Waals surface area contributed by atoms with Crippen LogP contribution in [-0.4, -0.2) is 39.4 Å². The van der Waals surface area contributed by atoms with Crippen molar-refractivity contribution in [1.82, 2.24) is 5.32 Å². The first kappa shape index (κ1) is 17.1. The molecule has 0 radical (unpaired) electrons. The van der Waals surface area contributed by atoms with Crippen molar-refractivity contribution in [2.24, 2.45) is 0 Å². The Morgan fingerprint density at radius 3 is 2.80 bits per heavy atom. The lowest BCUT2D eigenvalue weighted by molar-refractivity contribution is 0.0686. The Morgan fingerprint density at radius 1 is 1.25 bits per heavy atom. The van der Waals surface area contributed by atoms with Gasteiger partial charge in [0.15, 0.2) is 0 Å². The molecule has 0 unspecified atom stereocenters. The third-order valence-electron chi connectivity index (χ3n) is 2.95. The maximum atomic E-state index is 12.0. The van der Waals surface area contributed by atoms with E-state index in [0.29, 0.717) is 26.4 Å². The molecule has 4 nitrogen and oxygen atoms in total. The van der Waals surface area contributed by atoms with Gasteiger partial charge < -0.3 is 14.8 Å². The Kier molecular flexibility index (Phi) is 8.49. The fourth-order valence-corrected chi connectivity index (χ4v) is 2.09. The molecule has 0 fully saturated rings. The molecule has 0 aliphatic carbocycles. The molecule has 0 heterocycles. The molecule has 1 aromatic rings.